The summed E-state index contributed by atoms with van der Waals surface area (Å²) < 4.78 is 0. The fourth-order valence-corrected chi connectivity index (χ4v) is 2.82. The zero-order chi connectivity index (χ0) is 13.9. The quantitative estimate of drug-likeness (QED) is 0.854. The Labute approximate surface area is 119 Å². The Morgan fingerprint density at radius 1 is 1.20 bits per heavy atom. The van der Waals surface area contributed by atoms with Gasteiger partial charge in [-0.25, -0.2) is 0 Å². The van der Waals surface area contributed by atoms with Gasteiger partial charge in [0.1, 0.15) is 0 Å². The van der Waals surface area contributed by atoms with Crippen molar-refractivity contribution in [2.45, 2.75) is 50.9 Å². The van der Waals surface area contributed by atoms with Gasteiger partial charge < -0.3 is 10.4 Å². The molecule has 20 heavy (non-hydrogen) atoms. The van der Waals surface area contributed by atoms with E-state index in [0.717, 1.165) is 44.3 Å². The minimum Gasteiger partial charge on any atom is -0.392 e. The lowest BCUT2D eigenvalue weighted by Gasteiger charge is -2.23. The lowest BCUT2D eigenvalue weighted by Crippen LogP contribution is -2.43. The summed E-state index contributed by atoms with van der Waals surface area (Å²) in [6.07, 6.45) is 4.34. The summed E-state index contributed by atoms with van der Waals surface area (Å²) in [6, 6.07) is 8.45. The van der Waals surface area contributed by atoms with Crippen molar-refractivity contribution >= 4 is 5.91 Å². The molecule has 1 atom stereocenters. The van der Waals surface area contributed by atoms with Crippen LogP contribution in [0.1, 0.15) is 36.8 Å². The van der Waals surface area contributed by atoms with Crippen LogP contribution in [0.5, 0.6) is 0 Å². The molecule has 1 saturated carbocycles. The van der Waals surface area contributed by atoms with E-state index in [-0.39, 0.29) is 18.6 Å². The fourth-order valence-electron chi connectivity index (χ4n) is 2.82. The number of hydrogen-bond acceptors (Lipinski definition) is 3. The number of likely N-dealkylation sites (tertiary alicyclic amines) is 1. The molecule has 1 unspecified atom stereocenters. The first-order chi connectivity index (χ1) is 9.76. The molecule has 4 heteroatoms. The van der Waals surface area contributed by atoms with E-state index in [0.29, 0.717) is 6.04 Å². The molecule has 0 radical (unpaired) electrons. The molecule has 3 rings (SSSR count). The molecular weight excluding hydrogens is 252 g/mol. The number of nitrogens with zero attached hydrogens (tertiary/aromatic N) is 1. The molecule has 1 aromatic carbocycles. The summed E-state index contributed by atoms with van der Waals surface area (Å²) in [7, 11) is 0. The van der Waals surface area contributed by atoms with Crippen molar-refractivity contribution in [1.29, 1.82) is 0 Å². The van der Waals surface area contributed by atoms with Gasteiger partial charge in [0.2, 0.25) is 5.91 Å². The first-order valence-electron chi connectivity index (χ1n) is 7.49. The van der Waals surface area contributed by atoms with Crippen molar-refractivity contribution in [1.82, 2.24) is 10.2 Å². The Kier molecular flexibility index (Phi) is 4.03. The highest BCUT2D eigenvalue weighted by Crippen LogP contribution is 2.23. The minimum atomic E-state index is 0.0353. The molecule has 2 fully saturated rings. The highest BCUT2D eigenvalue weighted by Gasteiger charge is 2.33. The molecule has 2 N–H and O–H groups in total. The van der Waals surface area contributed by atoms with Crippen LogP contribution in [-0.4, -0.2) is 34.5 Å². The topological polar surface area (TPSA) is 52.6 Å². The Hall–Kier alpha value is -1.39. The maximum absolute atomic E-state index is 12.2. The summed E-state index contributed by atoms with van der Waals surface area (Å²) in [4.78, 5) is 14.5. The van der Waals surface area contributed by atoms with Gasteiger partial charge in [0.25, 0.3) is 0 Å². The number of hydrogen-bond donors (Lipinski definition) is 2. The maximum atomic E-state index is 12.2. The standard InChI is InChI=1S/C16H22N2O2/c19-11-13-5-3-12(4-6-13)10-18-9-1-2-15(18)16(20)17-14-7-8-14/h3-6,14-15,19H,1-2,7-11H2,(H,17,20). The normalized spacial score (nSPS) is 22.9. The van der Waals surface area contributed by atoms with Gasteiger partial charge in [-0.05, 0) is 43.4 Å². The highest BCUT2D eigenvalue weighted by molar-refractivity contribution is 5.82. The van der Waals surface area contributed by atoms with Crippen molar-refractivity contribution in [2.75, 3.05) is 6.54 Å². The van der Waals surface area contributed by atoms with E-state index in [1.807, 2.05) is 24.3 Å². The van der Waals surface area contributed by atoms with Gasteiger partial charge in [-0.3, -0.25) is 9.69 Å². The van der Waals surface area contributed by atoms with Gasteiger partial charge >= 0.3 is 0 Å². The number of amides is 1. The lowest BCUT2D eigenvalue weighted by atomic mass is 10.1. The number of nitrogens with one attached hydrogen (secondary N) is 1. The van der Waals surface area contributed by atoms with Gasteiger partial charge in [-0.1, -0.05) is 24.3 Å². The van der Waals surface area contributed by atoms with Crippen LogP contribution in [0.3, 0.4) is 0 Å². The predicted molar refractivity (Wildman–Crippen MR) is 77.0 cm³/mol. The number of carbonyl (C=O) groups is 1. The van der Waals surface area contributed by atoms with Crippen molar-refractivity contribution in [3.05, 3.63) is 35.4 Å². The molecule has 1 aliphatic heterocycles. The summed E-state index contributed by atoms with van der Waals surface area (Å²) in [5.41, 5.74) is 2.13. The van der Waals surface area contributed by atoms with E-state index in [9.17, 15) is 4.79 Å². The Bertz CT molecular complexity index is 468. The first kappa shape index (κ1) is 13.6. The number of benzene rings is 1. The molecule has 0 spiro atoms. The summed E-state index contributed by atoms with van der Waals surface area (Å²) in [5.74, 6) is 0.206. The average molecular weight is 274 g/mol. The molecule has 1 amide bonds. The summed E-state index contributed by atoms with van der Waals surface area (Å²) in [5, 5.41) is 12.2. The zero-order valence-corrected chi connectivity index (χ0v) is 11.7. The molecular formula is C16H22N2O2. The highest BCUT2D eigenvalue weighted by atomic mass is 16.3. The zero-order valence-electron chi connectivity index (χ0n) is 11.7. The smallest absolute Gasteiger partial charge is 0.237 e. The predicted octanol–water partition coefficient (Wildman–Crippen LogP) is 1.42. The van der Waals surface area contributed by atoms with E-state index in [4.69, 9.17) is 5.11 Å². The van der Waals surface area contributed by atoms with Gasteiger partial charge in [0.05, 0.1) is 12.6 Å². The molecule has 108 valence electrons. The second kappa shape index (κ2) is 5.94. The minimum absolute atomic E-state index is 0.0353. The van der Waals surface area contributed by atoms with Crippen LogP contribution in [0.4, 0.5) is 0 Å². The van der Waals surface area contributed by atoms with Crippen LogP contribution in [0.15, 0.2) is 24.3 Å². The summed E-state index contributed by atoms with van der Waals surface area (Å²) in [6.45, 7) is 1.88. The molecule has 0 bridgehead atoms. The van der Waals surface area contributed by atoms with Crippen LogP contribution in [0, 0.1) is 0 Å². The van der Waals surface area contributed by atoms with Crippen molar-refractivity contribution in [3.63, 3.8) is 0 Å². The Morgan fingerprint density at radius 2 is 1.90 bits per heavy atom. The van der Waals surface area contributed by atoms with E-state index in [1.54, 1.807) is 0 Å². The van der Waals surface area contributed by atoms with Crippen LogP contribution < -0.4 is 5.32 Å². The van der Waals surface area contributed by atoms with Gasteiger partial charge in [0.15, 0.2) is 0 Å². The Balaban J connectivity index is 1.60. The second-order valence-corrected chi connectivity index (χ2v) is 5.89. The largest absolute Gasteiger partial charge is 0.392 e. The molecule has 1 aromatic rings. The van der Waals surface area contributed by atoms with Gasteiger partial charge in [0, 0.05) is 12.6 Å². The van der Waals surface area contributed by atoms with Crippen molar-refractivity contribution in [3.8, 4) is 0 Å². The van der Waals surface area contributed by atoms with E-state index >= 15 is 0 Å². The second-order valence-electron chi connectivity index (χ2n) is 5.89. The van der Waals surface area contributed by atoms with E-state index in [1.165, 1.54) is 5.56 Å². The number of carbonyl (C=O) groups excluding carboxylic acids is 1. The molecule has 4 nitrogen and oxygen atoms in total. The third kappa shape index (κ3) is 3.19. The first-order valence-corrected chi connectivity index (χ1v) is 7.49. The van der Waals surface area contributed by atoms with E-state index in [2.05, 4.69) is 10.2 Å². The Morgan fingerprint density at radius 3 is 2.55 bits per heavy atom. The monoisotopic (exact) mass is 274 g/mol. The van der Waals surface area contributed by atoms with Crippen molar-refractivity contribution < 1.29 is 9.90 Å². The third-order valence-corrected chi connectivity index (χ3v) is 4.18. The van der Waals surface area contributed by atoms with Crippen LogP contribution in [-0.2, 0) is 17.9 Å². The third-order valence-electron chi connectivity index (χ3n) is 4.18. The van der Waals surface area contributed by atoms with Gasteiger partial charge in [-0.2, -0.15) is 0 Å². The number of aliphatic hydroxyl groups excluding tert-OH is 1. The molecule has 1 saturated heterocycles. The van der Waals surface area contributed by atoms with Crippen molar-refractivity contribution in [2.24, 2.45) is 0 Å². The molecule has 0 aromatic heterocycles. The van der Waals surface area contributed by atoms with Crippen LogP contribution in [0.25, 0.3) is 0 Å². The fraction of sp³-hybridized carbons (Fsp3) is 0.562. The number of aliphatic hydroxyl groups is 1. The molecule has 2 aliphatic rings. The van der Waals surface area contributed by atoms with Crippen LogP contribution >= 0.6 is 0 Å². The maximum Gasteiger partial charge on any atom is 0.237 e. The van der Waals surface area contributed by atoms with Crippen LogP contribution in [0.2, 0.25) is 0 Å². The average Bonchev–Trinajstić information content (AvgIpc) is 3.15. The SMILES string of the molecule is O=C(NC1CC1)C1CCCN1Cc1ccc(CO)cc1. The number of rotatable bonds is 5. The lowest BCUT2D eigenvalue weighted by molar-refractivity contribution is -0.125. The van der Waals surface area contributed by atoms with E-state index < -0.39 is 0 Å². The molecule has 1 heterocycles. The summed E-state index contributed by atoms with van der Waals surface area (Å²) >= 11 is 0. The van der Waals surface area contributed by atoms with Gasteiger partial charge in [-0.15, -0.1) is 0 Å². The molecule has 1 aliphatic carbocycles.